The van der Waals surface area contributed by atoms with Gasteiger partial charge >= 0.3 is 0 Å². The molecule has 0 bridgehead atoms. The fourth-order valence-corrected chi connectivity index (χ4v) is 5.30. The number of alkyl halides is 1. The van der Waals surface area contributed by atoms with Crippen LogP contribution in [0.25, 0.3) is 9.40 Å². The number of hydrogen-bond donors (Lipinski definition) is 1. The van der Waals surface area contributed by atoms with Crippen LogP contribution in [-0.4, -0.2) is 5.91 Å². The molecule has 1 unspecified atom stereocenters. The Morgan fingerprint density at radius 2 is 2.10 bits per heavy atom. The Balaban J connectivity index is 1.72. The fraction of sp³-hybridized carbons (Fsp3) is 0.133. The molecule has 3 aromatic rings. The minimum Gasteiger partial charge on any atom is -0.326 e. The number of carbonyl (C=O) groups is 1. The van der Waals surface area contributed by atoms with Gasteiger partial charge in [-0.25, -0.2) is 0 Å². The molecular formula is C15H10BrNOS2. The van der Waals surface area contributed by atoms with Gasteiger partial charge in [0.1, 0.15) is 0 Å². The van der Waals surface area contributed by atoms with Gasteiger partial charge < -0.3 is 5.32 Å². The molecule has 2 nitrogen and oxygen atoms in total. The summed E-state index contributed by atoms with van der Waals surface area (Å²) in [5, 5.41) is 5.00. The van der Waals surface area contributed by atoms with Crippen LogP contribution >= 0.6 is 38.6 Å². The van der Waals surface area contributed by atoms with Crippen molar-refractivity contribution in [1.29, 1.82) is 0 Å². The zero-order valence-electron chi connectivity index (χ0n) is 10.4. The van der Waals surface area contributed by atoms with E-state index in [-0.39, 0.29) is 10.7 Å². The third kappa shape index (κ3) is 2.01. The van der Waals surface area contributed by atoms with Crippen LogP contribution in [0.1, 0.15) is 20.8 Å². The van der Waals surface area contributed by atoms with E-state index in [0.29, 0.717) is 6.42 Å². The van der Waals surface area contributed by atoms with E-state index < -0.39 is 0 Å². The summed E-state index contributed by atoms with van der Waals surface area (Å²) in [7, 11) is 0. The van der Waals surface area contributed by atoms with Crippen LogP contribution in [0.2, 0.25) is 0 Å². The molecule has 1 aliphatic heterocycles. The predicted octanol–water partition coefficient (Wildman–Crippen LogP) is 4.94. The quantitative estimate of drug-likeness (QED) is 0.641. The van der Waals surface area contributed by atoms with E-state index in [1.165, 1.54) is 19.8 Å². The number of amides is 1. The SMILES string of the molecule is O=C1Cc2cc(C(Br)c3cc4sccc4s3)ccc2N1. The smallest absolute Gasteiger partial charge is 0.228 e. The minimum absolute atomic E-state index is 0.0832. The lowest BCUT2D eigenvalue weighted by atomic mass is 10.1. The van der Waals surface area contributed by atoms with Gasteiger partial charge in [0.05, 0.1) is 11.2 Å². The van der Waals surface area contributed by atoms with Gasteiger partial charge in [-0.3, -0.25) is 4.79 Å². The minimum atomic E-state index is 0.0832. The number of halogens is 1. The second kappa shape index (κ2) is 4.69. The first-order valence-corrected chi connectivity index (χ1v) is 8.85. The largest absolute Gasteiger partial charge is 0.326 e. The molecule has 0 spiro atoms. The van der Waals surface area contributed by atoms with Gasteiger partial charge in [-0.1, -0.05) is 28.1 Å². The normalized spacial score (nSPS) is 15.3. The average Bonchev–Trinajstić information content (AvgIpc) is 3.08. The van der Waals surface area contributed by atoms with Gasteiger partial charge in [0.15, 0.2) is 0 Å². The first-order valence-electron chi connectivity index (χ1n) is 6.24. The maximum absolute atomic E-state index is 11.4. The lowest BCUT2D eigenvalue weighted by Crippen LogP contribution is -2.03. The van der Waals surface area contributed by atoms with E-state index in [0.717, 1.165) is 11.3 Å². The van der Waals surface area contributed by atoms with Gasteiger partial charge in [-0.15, -0.1) is 22.7 Å². The van der Waals surface area contributed by atoms with E-state index >= 15 is 0 Å². The highest BCUT2D eigenvalue weighted by Crippen LogP contribution is 2.41. The summed E-state index contributed by atoms with van der Waals surface area (Å²) in [5.41, 5.74) is 3.25. The van der Waals surface area contributed by atoms with Crippen LogP contribution in [0.3, 0.4) is 0 Å². The second-order valence-corrected chi connectivity index (χ2v) is 7.78. The van der Waals surface area contributed by atoms with Crippen LogP contribution in [0, 0.1) is 0 Å². The zero-order valence-corrected chi connectivity index (χ0v) is 13.6. The molecule has 0 radical (unpaired) electrons. The highest BCUT2D eigenvalue weighted by Gasteiger charge is 2.20. The average molecular weight is 364 g/mol. The number of hydrogen-bond acceptors (Lipinski definition) is 3. The molecule has 4 rings (SSSR count). The van der Waals surface area contributed by atoms with Crippen molar-refractivity contribution in [2.75, 3.05) is 5.32 Å². The Morgan fingerprint density at radius 1 is 1.20 bits per heavy atom. The first-order chi connectivity index (χ1) is 9.70. The molecule has 100 valence electrons. The van der Waals surface area contributed by atoms with Crippen molar-refractivity contribution >= 4 is 59.6 Å². The summed E-state index contributed by atoms with van der Waals surface area (Å²) >= 11 is 7.39. The van der Waals surface area contributed by atoms with Crippen molar-refractivity contribution in [3.8, 4) is 0 Å². The molecule has 1 atom stereocenters. The lowest BCUT2D eigenvalue weighted by molar-refractivity contribution is -0.115. The number of benzene rings is 1. The zero-order chi connectivity index (χ0) is 13.7. The number of carbonyl (C=O) groups excluding carboxylic acids is 1. The number of fused-ring (bicyclic) bond motifs is 2. The molecule has 20 heavy (non-hydrogen) atoms. The van der Waals surface area contributed by atoms with Crippen LogP contribution in [-0.2, 0) is 11.2 Å². The molecule has 3 heterocycles. The molecule has 1 N–H and O–H groups in total. The summed E-state index contributed by atoms with van der Waals surface area (Å²) in [6.07, 6.45) is 0.489. The first kappa shape index (κ1) is 12.6. The van der Waals surface area contributed by atoms with E-state index in [1.54, 1.807) is 11.3 Å². The van der Waals surface area contributed by atoms with Crippen LogP contribution in [0.5, 0.6) is 0 Å². The summed E-state index contributed by atoms with van der Waals surface area (Å²) in [4.78, 5) is 12.9. The molecule has 1 aliphatic rings. The third-order valence-corrected chi connectivity index (χ3v) is 6.94. The summed E-state index contributed by atoms with van der Waals surface area (Å²) in [5.74, 6) is 0.0832. The van der Waals surface area contributed by atoms with Crippen LogP contribution in [0.15, 0.2) is 35.7 Å². The Labute approximate surface area is 132 Å². The third-order valence-electron chi connectivity index (χ3n) is 3.46. The van der Waals surface area contributed by atoms with Gasteiger partial charge in [-0.2, -0.15) is 0 Å². The maximum atomic E-state index is 11.4. The highest BCUT2D eigenvalue weighted by molar-refractivity contribution is 9.09. The molecule has 5 heteroatoms. The Bertz CT molecular complexity index is 792. The number of nitrogens with one attached hydrogen (secondary N) is 1. The van der Waals surface area contributed by atoms with Crippen molar-refractivity contribution in [2.45, 2.75) is 11.2 Å². The molecule has 0 aliphatic carbocycles. The van der Waals surface area contributed by atoms with Crippen molar-refractivity contribution in [3.63, 3.8) is 0 Å². The van der Waals surface area contributed by atoms with E-state index in [9.17, 15) is 4.79 Å². The van der Waals surface area contributed by atoms with Crippen molar-refractivity contribution in [3.05, 3.63) is 51.7 Å². The lowest BCUT2D eigenvalue weighted by Gasteiger charge is -2.09. The number of thiophene rings is 2. The molecule has 2 aromatic heterocycles. The predicted molar refractivity (Wildman–Crippen MR) is 89.2 cm³/mol. The van der Waals surface area contributed by atoms with E-state index in [1.807, 2.05) is 17.4 Å². The molecule has 0 saturated carbocycles. The number of rotatable bonds is 2. The second-order valence-electron chi connectivity index (χ2n) is 4.80. The summed E-state index contributed by atoms with van der Waals surface area (Å²) in [6.45, 7) is 0. The topological polar surface area (TPSA) is 29.1 Å². The Morgan fingerprint density at radius 3 is 2.95 bits per heavy atom. The van der Waals surface area contributed by atoms with Gasteiger partial charge in [0.25, 0.3) is 0 Å². The van der Waals surface area contributed by atoms with Crippen LogP contribution in [0.4, 0.5) is 5.69 Å². The van der Waals surface area contributed by atoms with Crippen molar-refractivity contribution < 1.29 is 4.79 Å². The fourth-order valence-electron chi connectivity index (χ4n) is 2.48. The monoisotopic (exact) mass is 363 g/mol. The summed E-state index contributed by atoms with van der Waals surface area (Å²) in [6, 6.07) is 10.6. The van der Waals surface area contributed by atoms with Crippen molar-refractivity contribution in [2.24, 2.45) is 0 Å². The van der Waals surface area contributed by atoms with Gasteiger partial charge in [0.2, 0.25) is 5.91 Å². The van der Waals surface area contributed by atoms with Crippen molar-refractivity contribution in [1.82, 2.24) is 0 Å². The van der Waals surface area contributed by atoms with Crippen LogP contribution < -0.4 is 5.32 Å². The van der Waals surface area contributed by atoms with E-state index in [2.05, 4.69) is 50.9 Å². The molecule has 1 amide bonds. The molecule has 0 saturated heterocycles. The standard InChI is InChI=1S/C15H10BrNOS2/c16-15(13-7-12-11(20-13)3-4-19-12)8-1-2-10-9(5-8)6-14(18)17-10/h1-5,7,15H,6H2,(H,17,18). The highest BCUT2D eigenvalue weighted by atomic mass is 79.9. The molecule has 1 aromatic carbocycles. The molecule has 0 fully saturated rings. The van der Waals surface area contributed by atoms with E-state index in [4.69, 9.17) is 0 Å². The van der Waals surface area contributed by atoms with Gasteiger partial charge in [-0.05, 0) is 34.7 Å². The Hall–Kier alpha value is -1.17. The summed E-state index contributed by atoms with van der Waals surface area (Å²) < 4.78 is 2.68. The number of anilines is 1. The Kier molecular flexibility index (Phi) is 2.94. The molecular weight excluding hydrogens is 354 g/mol. The van der Waals surface area contributed by atoms with Gasteiger partial charge in [0, 0.05) is 20.0 Å². The maximum Gasteiger partial charge on any atom is 0.228 e.